The molecule has 0 spiro atoms. The smallest absolute Gasteiger partial charge is 0.323 e. The number of carbonyl (C=O) groups excluding carboxylic acids is 1. The first kappa shape index (κ1) is 12.4. The van der Waals surface area contributed by atoms with Crippen LogP contribution >= 0.6 is 0 Å². The number of hydrogen-bond donors (Lipinski definition) is 2. The molecule has 0 aromatic heterocycles. The van der Waals surface area contributed by atoms with E-state index < -0.39 is 5.97 Å². The van der Waals surface area contributed by atoms with E-state index in [0.29, 0.717) is 6.04 Å². The molecule has 96 valence electrons. The van der Waals surface area contributed by atoms with Gasteiger partial charge in [-0.3, -0.25) is 9.59 Å². The van der Waals surface area contributed by atoms with Gasteiger partial charge in [-0.1, -0.05) is 12.8 Å². The molecule has 1 amide bonds. The largest absolute Gasteiger partial charge is 0.480 e. The Morgan fingerprint density at radius 1 is 1.18 bits per heavy atom. The third-order valence-corrected chi connectivity index (χ3v) is 3.51. The molecule has 2 aliphatic rings. The van der Waals surface area contributed by atoms with Crippen molar-refractivity contribution in [3.63, 3.8) is 0 Å². The standard InChI is InChI=1S/C12H20N2O3/c15-11(7-13-9-5-6-9)14(8-12(16)17)10-3-1-2-4-10/h9-10,13H,1-8H2,(H,16,17). The fraction of sp³-hybridized carbons (Fsp3) is 0.833. The van der Waals surface area contributed by atoms with Crippen molar-refractivity contribution in [1.82, 2.24) is 10.2 Å². The third kappa shape index (κ3) is 3.70. The number of nitrogens with zero attached hydrogens (tertiary/aromatic N) is 1. The van der Waals surface area contributed by atoms with Gasteiger partial charge in [0.1, 0.15) is 6.54 Å². The van der Waals surface area contributed by atoms with Gasteiger partial charge in [0.25, 0.3) is 0 Å². The molecule has 0 heterocycles. The van der Waals surface area contributed by atoms with Gasteiger partial charge in [-0.15, -0.1) is 0 Å². The molecule has 5 heteroatoms. The van der Waals surface area contributed by atoms with Crippen LogP contribution in [-0.2, 0) is 9.59 Å². The molecule has 5 nitrogen and oxygen atoms in total. The quantitative estimate of drug-likeness (QED) is 0.713. The number of amides is 1. The zero-order valence-corrected chi connectivity index (χ0v) is 10.0. The van der Waals surface area contributed by atoms with Crippen molar-refractivity contribution in [3.8, 4) is 0 Å². The van der Waals surface area contributed by atoms with Crippen LogP contribution in [0.5, 0.6) is 0 Å². The minimum absolute atomic E-state index is 0.0637. The first-order chi connectivity index (χ1) is 8.16. The van der Waals surface area contributed by atoms with Gasteiger partial charge < -0.3 is 15.3 Å². The Bertz CT molecular complexity index is 296. The van der Waals surface area contributed by atoms with Gasteiger partial charge in [0.2, 0.25) is 5.91 Å². The Hall–Kier alpha value is -1.10. The molecule has 0 unspecified atom stereocenters. The minimum Gasteiger partial charge on any atom is -0.480 e. The first-order valence-electron chi connectivity index (χ1n) is 6.41. The van der Waals surface area contributed by atoms with Gasteiger partial charge in [0, 0.05) is 12.1 Å². The number of aliphatic carboxylic acids is 1. The average Bonchev–Trinajstić information content (AvgIpc) is 2.96. The number of carboxylic acid groups (broad SMARTS) is 1. The van der Waals surface area contributed by atoms with Crippen molar-refractivity contribution < 1.29 is 14.7 Å². The Balaban J connectivity index is 1.87. The molecule has 2 fully saturated rings. The van der Waals surface area contributed by atoms with Crippen LogP contribution in [0.1, 0.15) is 38.5 Å². The van der Waals surface area contributed by atoms with E-state index in [9.17, 15) is 9.59 Å². The lowest BCUT2D eigenvalue weighted by atomic mass is 10.2. The van der Waals surface area contributed by atoms with Crippen LogP contribution < -0.4 is 5.32 Å². The van der Waals surface area contributed by atoms with E-state index in [1.807, 2.05) is 0 Å². The molecular weight excluding hydrogens is 220 g/mol. The summed E-state index contributed by atoms with van der Waals surface area (Å²) in [7, 11) is 0. The number of carboxylic acids is 1. The summed E-state index contributed by atoms with van der Waals surface area (Å²) >= 11 is 0. The lowest BCUT2D eigenvalue weighted by Gasteiger charge is -2.27. The van der Waals surface area contributed by atoms with E-state index in [0.717, 1.165) is 38.5 Å². The van der Waals surface area contributed by atoms with Crippen molar-refractivity contribution in [1.29, 1.82) is 0 Å². The molecule has 0 aromatic rings. The molecule has 0 aliphatic heterocycles. The molecule has 0 atom stereocenters. The summed E-state index contributed by atoms with van der Waals surface area (Å²) < 4.78 is 0. The van der Waals surface area contributed by atoms with Crippen molar-refractivity contribution >= 4 is 11.9 Å². The van der Waals surface area contributed by atoms with Gasteiger partial charge in [-0.05, 0) is 25.7 Å². The fourth-order valence-corrected chi connectivity index (χ4v) is 2.40. The van der Waals surface area contributed by atoms with E-state index in [2.05, 4.69) is 5.32 Å². The maximum Gasteiger partial charge on any atom is 0.323 e. The minimum atomic E-state index is -0.920. The highest BCUT2D eigenvalue weighted by Crippen LogP contribution is 2.23. The summed E-state index contributed by atoms with van der Waals surface area (Å²) in [5.74, 6) is -0.983. The number of hydrogen-bond acceptors (Lipinski definition) is 3. The van der Waals surface area contributed by atoms with E-state index in [-0.39, 0.29) is 25.0 Å². The van der Waals surface area contributed by atoms with Gasteiger partial charge >= 0.3 is 5.97 Å². The van der Waals surface area contributed by atoms with Crippen molar-refractivity contribution in [2.45, 2.75) is 50.6 Å². The van der Waals surface area contributed by atoms with Crippen molar-refractivity contribution in [2.75, 3.05) is 13.1 Å². The predicted octanol–water partition coefficient (Wildman–Crippen LogP) is 0.594. The molecule has 17 heavy (non-hydrogen) atoms. The second-order valence-corrected chi connectivity index (χ2v) is 5.01. The van der Waals surface area contributed by atoms with E-state index in [1.165, 1.54) is 0 Å². The second-order valence-electron chi connectivity index (χ2n) is 5.01. The van der Waals surface area contributed by atoms with E-state index >= 15 is 0 Å². The molecule has 0 saturated heterocycles. The summed E-state index contributed by atoms with van der Waals surface area (Å²) in [6.07, 6.45) is 6.37. The Labute approximate surface area is 101 Å². The zero-order valence-electron chi connectivity index (χ0n) is 10.0. The summed E-state index contributed by atoms with van der Waals surface area (Å²) in [6.45, 7) is 0.129. The predicted molar refractivity (Wildman–Crippen MR) is 62.6 cm³/mol. The van der Waals surface area contributed by atoms with Crippen molar-refractivity contribution in [2.24, 2.45) is 0 Å². The lowest BCUT2D eigenvalue weighted by molar-refractivity contribution is -0.145. The highest BCUT2D eigenvalue weighted by Gasteiger charge is 2.29. The molecule has 2 N–H and O–H groups in total. The highest BCUT2D eigenvalue weighted by molar-refractivity contribution is 5.83. The van der Waals surface area contributed by atoms with E-state index in [4.69, 9.17) is 5.11 Å². The summed E-state index contributed by atoms with van der Waals surface area (Å²) in [6, 6.07) is 0.619. The SMILES string of the molecule is O=C(O)CN(C(=O)CNC1CC1)C1CCCC1. The Kier molecular flexibility index (Phi) is 3.99. The number of carbonyl (C=O) groups is 2. The summed E-state index contributed by atoms with van der Waals surface area (Å²) in [5.41, 5.74) is 0. The van der Waals surface area contributed by atoms with Crippen LogP contribution in [0.25, 0.3) is 0 Å². The maximum atomic E-state index is 12.0. The van der Waals surface area contributed by atoms with Crippen molar-refractivity contribution in [3.05, 3.63) is 0 Å². The first-order valence-corrected chi connectivity index (χ1v) is 6.41. The maximum absolute atomic E-state index is 12.0. The molecule has 0 aromatic carbocycles. The summed E-state index contributed by atoms with van der Waals surface area (Å²) in [4.78, 5) is 24.4. The third-order valence-electron chi connectivity index (χ3n) is 3.51. The Morgan fingerprint density at radius 2 is 1.82 bits per heavy atom. The normalized spacial score (nSPS) is 20.5. The van der Waals surface area contributed by atoms with Crippen LogP contribution in [0.2, 0.25) is 0 Å². The van der Waals surface area contributed by atoms with Gasteiger partial charge in [-0.25, -0.2) is 0 Å². The van der Waals surface area contributed by atoms with Crippen LogP contribution in [0, 0.1) is 0 Å². The Morgan fingerprint density at radius 3 is 2.35 bits per heavy atom. The van der Waals surface area contributed by atoms with Crippen LogP contribution in [0.3, 0.4) is 0 Å². The topological polar surface area (TPSA) is 69.6 Å². The monoisotopic (exact) mass is 240 g/mol. The highest BCUT2D eigenvalue weighted by atomic mass is 16.4. The van der Waals surface area contributed by atoms with E-state index in [1.54, 1.807) is 4.90 Å². The summed E-state index contributed by atoms with van der Waals surface area (Å²) in [5, 5.41) is 12.0. The molecule has 2 saturated carbocycles. The molecule has 0 bridgehead atoms. The van der Waals surface area contributed by atoms with Gasteiger partial charge in [-0.2, -0.15) is 0 Å². The lowest BCUT2D eigenvalue weighted by Crippen LogP contribution is -2.46. The van der Waals surface area contributed by atoms with Crippen LogP contribution in [0.4, 0.5) is 0 Å². The molecule has 2 aliphatic carbocycles. The number of nitrogens with one attached hydrogen (secondary N) is 1. The average molecular weight is 240 g/mol. The van der Waals surface area contributed by atoms with Gasteiger partial charge in [0.05, 0.1) is 6.54 Å². The molecule has 0 radical (unpaired) electrons. The zero-order chi connectivity index (χ0) is 12.3. The molecule has 2 rings (SSSR count). The number of rotatable bonds is 6. The fourth-order valence-electron chi connectivity index (χ4n) is 2.40. The van der Waals surface area contributed by atoms with Crippen LogP contribution in [-0.4, -0.2) is 47.1 Å². The van der Waals surface area contributed by atoms with Crippen LogP contribution in [0.15, 0.2) is 0 Å². The van der Waals surface area contributed by atoms with Gasteiger partial charge in [0.15, 0.2) is 0 Å². The second kappa shape index (κ2) is 5.49. The molecular formula is C12H20N2O3.